The van der Waals surface area contributed by atoms with Crippen LogP contribution in [0.4, 0.5) is 0 Å². The summed E-state index contributed by atoms with van der Waals surface area (Å²) in [4.78, 5) is 15.3. The number of hydrogen-bond donors (Lipinski definition) is 0. The maximum atomic E-state index is 12.9. The smallest absolute Gasteiger partial charge is 0.179 e. The van der Waals surface area contributed by atoms with Crippen molar-refractivity contribution in [2.45, 2.75) is 57.9 Å². The van der Waals surface area contributed by atoms with Gasteiger partial charge in [-0.3, -0.25) is 9.69 Å². The van der Waals surface area contributed by atoms with E-state index in [0.29, 0.717) is 5.78 Å². The Hall–Kier alpha value is -0.860. The molecule has 1 unspecified atom stereocenters. The summed E-state index contributed by atoms with van der Waals surface area (Å²) >= 11 is 0. The summed E-state index contributed by atoms with van der Waals surface area (Å²) < 4.78 is 0. The summed E-state index contributed by atoms with van der Waals surface area (Å²) in [6.45, 7) is 4.38. The van der Waals surface area contributed by atoms with Crippen molar-refractivity contribution in [3.05, 3.63) is 34.9 Å². The summed E-state index contributed by atoms with van der Waals surface area (Å²) in [5.41, 5.74) is 3.80. The Bertz CT molecular complexity index is 494. The Morgan fingerprint density at radius 1 is 1.14 bits per heavy atom. The van der Waals surface area contributed by atoms with Crippen LogP contribution in [-0.4, -0.2) is 29.8 Å². The van der Waals surface area contributed by atoms with E-state index in [-0.39, 0.29) is 18.4 Å². The number of halogens is 1. The van der Waals surface area contributed by atoms with Crippen LogP contribution >= 0.6 is 12.4 Å². The van der Waals surface area contributed by atoms with Gasteiger partial charge < -0.3 is 0 Å². The topological polar surface area (TPSA) is 20.3 Å². The molecule has 2 nitrogen and oxygen atoms in total. The van der Waals surface area contributed by atoms with Gasteiger partial charge in [0.05, 0.1) is 6.04 Å². The van der Waals surface area contributed by atoms with E-state index in [1.165, 1.54) is 36.8 Å². The SMILES string of the molecule is CCCC(C(=O)c1ccc2c(c1)CCC2)N1CCCC1.Cl. The van der Waals surface area contributed by atoms with Crippen LogP contribution in [0.1, 0.15) is 60.5 Å². The van der Waals surface area contributed by atoms with E-state index in [1.54, 1.807) is 0 Å². The summed E-state index contributed by atoms with van der Waals surface area (Å²) in [5, 5.41) is 0. The molecule has 1 fully saturated rings. The Balaban J connectivity index is 0.00000161. The predicted octanol–water partition coefficient (Wildman–Crippen LogP) is 4.04. The van der Waals surface area contributed by atoms with Crippen molar-refractivity contribution in [2.75, 3.05) is 13.1 Å². The van der Waals surface area contributed by atoms with Gasteiger partial charge in [0, 0.05) is 5.56 Å². The Kier molecular flexibility index (Phi) is 5.83. The average molecular weight is 308 g/mol. The lowest BCUT2D eigenvalue weighted by atomic mass is 9.96. The third kappa shape index (κ3) is 3.49. The van der Waals surface area contributed by atoms with E-state index < -0.39 is 0 Å². The summed E-state index contributed by atoms with van der Waals surface area (Å²) in [6.07, 6.45) is 8.16. The van der Waals surface area contributed by atoms with Crippen LogP contribution in [0.25, 0.3) is 0 Å². The Morgan fingerprint density at radius 2 is 1.86 bits per heavy atom. The van der Waals surface area contributed by atoms with Crippen LogP contribution in [0.5, 0.6) is 0 Å². The van der Waals surface area contributed by atoms with Crippen molar-refractivity contribution in [1.82, 2.24) is 4.90 Å². The van der Waals surface area contributed by atoms with Crippen molar-refractivity contribution in [1.29, 1.82) is 0 Å². The van der Waals surface area contributed by atoms with E-state index in [4.69, 9.17) is 0 Å². The maximum absolute atomic E-state index is 12.9. The number of carbonyl (C=O) groups excluding carboxylic acids is 1. The molecule has 1 heterocycles. The number of benzene rings is 1. The van der Waals surface area contributed by atoms with Gasteiger partial charge in [0.2, 0.25) is 0 Å². The molecule has 0 amide bonds. The van der Waals surface area contributed by atoms with E-state index in [9.17, 15) is 4.79 Å². The molecule has 1 aromatic carbocycles. The third-order valence-corrected chi connectivity index (χ3v) is 4.83. The highest BCUT2D eigenvalue weighted by Gasteiger charge is 2.28. The molecule has 0 N–H and O–H groups in total. The number of carbonyl (C=O) groups is 1. The number of likely N-dealkylation sites (tertiary alicyclic amines) is 1. The van der Waals surface area contributed by atoms with Gasteiger partial charge >= 0.3 is 0 Å². The molecule has 1 atom stereocenters. The van der Waals surface area contributed by atoms with Crippen molar-refractivity contribution < 1.29 is 4.79 Å². The second kappa shape index (κ2) is 7.42. The molecule has 1 aliphatic carbocycles. The lowest BCUT2D eigenvalue weighted by molar-refractivity contribution is 0.0837. The summed E-state index contributed by atoms with van der Waals surface area (Å²) in [5.74, 6) is 0.350. The van der Waals surface area contributed by atoms with Gasteiger partial charge in [0.1, 0.15) is 0 Å². The number of rotatable bonds is 5. The average Bonchev–Trinajstić information content (AvgIpc) is 3.13. The summed E-state index contributed by atoms with van der Waals surface area (Å²) in [7, 11) is 0. The first-order valence-corrected chi connectivity index (χ1v) is 8.19. The number of ketones is 1. The van der Waals surface area contributed by atoms with Gasteiger partial charge in [0.25, 0.3) is 0 Å². The Morgan fingerprint density at radius 3 is 2.57 bits per heavy atom. The van der Waals surface area contributed by atoms with E-state index in [0.717, 1.165) is 37.9 Å². The highest BCUT2D eigenvalue weighted by Crippen LogP contribution is 2.25. The molecular weight excluding hydrogens is 282 g/mol. The molecule has 1 aromatic rings. The quantitative estimate of drug-likeness (QED) is 0.765. The van der Waals surface area contributed by atoms with Gasteiger partial charge in [-0.1, -0.05) is 25.5 Å². The molecular formula is C18H26ClNO. The molecule has 0 radical (unpaired) electrons. The zero-order valence-electron chi connectivity index (χ0n) is 12.9. The number of hydrogen-bond acceptors (Lipinski definition) is 2. The van der Waals surface area contributed by atoms with E-state index >= 15 is 0 Å². The van der Waals surface area contributed by atoms with Crippen LogP contribution in [-0.2, 0) is 12.8 Å². The lowest BCUT2D eigenvalue weighted by Crippen LogP contribution is -2.39. The summed E-state index contributed by atoms with van der Waals surface area (Å²) in [6, 6.07) is 6.53. The van der Waals surface area contributed by atoms with Crippen LogP contribution in [0, 0.1) is 0 Å². The van der Waals surface area contributed by atoms with E-state index in [2.05, 4.69) is 30.0 Å². The fraction of sp³-hybridized carbons (Fsp3) is 0.611. The monoisotopic (exact) mass is 307 g/mol. The fourth-order valence-corrected chi connectivity index (χ4v) is 3.72. The number of aryl methyl sites for hydroxylation is 2. The Labute approximate surface area is 134 Å². The van der Waals surface area contributed by atoms with Crippen LogP contribution in [0.2, 0.25) is 0 Å². The number of fused-ring (bicyclic) bond motifs is 1. The minimum atomic E-state index is 0. The standard InChI is InChI=1S/C18H25NO.ClH/c1-2-6-17(19-11-3-4-12-19)18(20)16-10-9-14-7-5-8-15(14)13-16;/h9-10,13,17H,2-8,11-12H2,1H3;1H. The zero-order valence-corrected chi connectivity index (χ0v) is 13.8. The minimum Gasteiger partial charge on any atom is -0.293 e. The number of Topliss-reactive ketones (excluding diaryl/α,β-unsaturated/α-hetero) is 1. The van der Waals surface area contributed by atoms with Crippen molar-refractivity contribution >= 4 is 18.2 Å². The zero-order chi connectivity index (χ0) is 13.9. The second-order valence-electron chi connectivity index (χ2n) is 6.25. The molecule has 0 aromatic heterocycles. The molecule has 3 rings (SSSR count). The van der Waals surface area contributed by atoms with Crippen molar-refractivity contribution in [2.24, 2.45) is 0 Å². The molecule has 0 bridgehead atoms. The predicted molar refractivity (Wildman–Crippen MR) is 89.5 cm³/mol. The van der Waals surface area contributed by atoms with Crippen LogP contribution in [0.3, 0.4) is 0 Å². The molecule has 1 saturated heterocycles. The normalized spacial score (nSPS) is 19.1. The molecule has 3 heteroatoms. The van der Waals surface area contributed by atoms with Crippen LogP contribution < -0.4 is 0 Å². The lowest BCUT2D eigenvalue weighted by Gasteiger charge is -2.26. The van der Waals surface area contributed by atoms with Gasteiger partial charge in [-0.05, 0) is 68.8 Å². The molecule has 0 spiro atoms. The molecule has 116 valence electrons. The van der Waals surface area contributed by atoms with Crippen molar-refractivity contribution in [3.8, 4) is 0 Å². The highest BCUT2D eigenvalue weighted by atomic mass is 35.5. The first-order chi connectivity index (χ1) is 9.79. The van der Waals surface area contributed by atoms with Gasteiger partial charge in [-0.25, -0.2) is 0 Å². The second-order valence-corrected chi connectivity index (χ2v) is 6.25. The maximum Gasteiger partial charge on any atom is 0.179 e. The first kappa shape index (κ1) is 16.5. The molecule has 0 saturated carbocycles. The van der Waals surface area contributed by atoms with Crippen LogP contribution in [0.15, 0.2) is 18.2 Å². The minimum absolute atomic E-state index is 0. The highest BCUT2D eigenvalue weighted by molar-refractivity contribution is 6.00. The molecule has 1 aliphatic heterocycles. The largest absolute Gasteiger partial charge is 0.293 e. The molecule has 21 heavy (non-hydrogen) atoms. The number of nitrogens with zero attached hydrogens (tertiary/aromatic N) is 1. The van der Waals surface area contributed by atoms with Gasteiger partial charge in [-0.2, -0.15) is 0 Å². The van der Waals surface area contributed by atoms with Gasteiger partial charge in [0.15, 0.2) is 5.78 Å². The first-order valence-electron chi connectivity index (χ1n) is 8.19. The van der Waals surface area contributed by atoms with Crippen molar-refractivity contribution in [3.63, 3.8) is 0 Å². The van der Waals surface area contributed by atoms with E-state index in [1.807, 2.05) is 0 Å². The molecule has 2 aliphatic rings. The van der Waals surface area contributed by atoms with Gasteiger partial charge in [-0.15, -0.1) is 12.4 Å². The third-order valence-electron chi connectivity index (χ3n) is 4.83. The fourth-order valence-electron chi connectivity index (χ4n) is 3.72.